The van der Waals surface area contributed by atoms with E-state index in [0.29, 0.717) is 33.6 Å². The topological polar surface area (TPSA) is 73.3 Å². The van der Waals surface area contributed by atoms with Crippen LogP contribution in [-0.2, 0) is 0 Å². The van der Waals surface area contributed by atoms with Gasteiger partial charge in [-0.3, -0.25) is 15.1 Å². The van der Waals surface area contributed by atoms with Crippen molar-refractivity contribution in [2.24, 2.45) is 0 Å². The highest BCUT2D eigenvalue weighted by Gasteiger charge is 2.16. The fourth-order valence-corrected chi connectivity index (χ4v) is 3.96. The highest BCUT2D eigenvalue weighted by atomic mass is 32.1. The van der Waals surface area contributed by atoms with Crippen LogP contribution in [0.3, 0.4) is 0 Å². The summed E-state index contributed by atoms with van der Waals surface area (Å²) in [4.78, 5) is 22.0. The predicted molar refractivity (Wildman–Crippen MR) is 120 cm³/mol. The summed E-state index contributed by atoms with van der Waals surface area (Å²) in [5.41, 5.74) is 4.70. The second kappa shape index (κ2) is 8.12. The number of benzene rings is 2. The second-order valence-corrected chi connectivity index (χ2v) is 7.73. The van der Waals surface area contributed by atoms with Crippen LogP contribution in [0.15, 0.2) is 47.8 Å². The predicted octanol–water partition coefficient (Wildman–Crippen LogP) is 5.24. The average Bonchev–Trinajstić information content (AvgIpc) is 3.21. The van der Waals surface area contributed by atoms with Crippen molar-refractivity contribution in [3.05, 3.63) is 64.7 Å². The van der Waals surface area contributed by atoms with Crippen molar-refractivity contribution < 1.29 is 14.3 Å². The highest BCUT2D eigenvalue weighted by Crippen LogP contribution is 2.35. The fourth-order valence-electron chi connectivity index (χ4n) is 3.26. The summed E-state index contributed by atoms with van der Waals surface area (Å²) < 4.78 is 10.7. The first-order valence-corrected chi connectivity index (χ1v) is 10.2. The van der Waals surface area contributed by atoms with Crippen LogP contribution in [0, 0.1) is 13.8 Å². The molecule has 0 aliphatic heterocycles. The van der Waals surface area contributed by atoms with Gasteiger partial charge in [0.05, 0.1) is 36.7 Å². The number of aromatic nitrogens is 2. The van der Waals surface area contributed by atoms with Gasteiger partial charge in [0.2, 0.25) is 0 Å². The van der Waals surface area contributed by atoms with Crippen LogP contribution >= 0.6 is 11.3 Å². The van der Waals surface area contributed by atoms with Gasteiger partial charge in [-0.15, -0.1) is 11.3 Å². The van der Waals surface area contributed by atoms with Gasteiger partial charge in [0.15, 0.2) is 5.13 Å². The van der Waals surface area contributed by atoms with Gasteiger partial charge in [0.1, 0.15) is 11.5 Å². The molecule has 1 N–H and O–H groups in total. The molecule has 0 fully saturated rings. The summed E-state index contributed by atoms with van der Waals surface area (Å²) in [6.07, 6.45) is 0. The number of carbonyl (C=O) groups is 1. The van der Waals surface area contributed by atoms with E-state index in [1.54, 1.807) is 14.2 Å². The number of nitrogens with zero attached hydrogens (tertiary/aromatic N) is 2. The Morgan fingerprint density at radius 2 is 1.83 bits per heavy atom. The van der Waals surface area contributed by atoms with E-state index in [0.717, 1.165) is 22.0 Å². The van der Waals surface area contributed by atoms with Gasteiger partial charge in [-0.25, -0.2) is 4.98 Å². The minimum atomic E-state index is -0.234. The molecule has 0 atom stereocenters. The Hall–Kier alpha value is -3.45. The number of pyridine rings is 1. The molecule has 0 aliphatic rings. The average molecular weight is 420 g/mol. The Bertz CT molecular complexity index is 1250. The van der Waals surface area contributed by atoms with E-state index in [4.69, 9.17) is 9.47 Å². The lowest BCUT2D eigenvalue weighted by Gasteiger charge is -2.09. The molecule has 4 aromatic rings. The number of thiazole rings is 1. The number of rotatable bonds is 5. The Balaban J connectivity index is 1.62. The van der Waals surface area contributed by atoms with Gasteiger partial charge in [-0.2, -0.15) is 0 Å². The minimum Gasteiger partial charge on any atom is -0.497 e. The van der Waals surface area contributed by atoms with Gasteiger partial charge < -0.3 is 9.47 Å². The molecule has 30 heavy (non-hydrogen) atoms. The molecule has 0 spiro atoms. The quantitative estimate of drug-likeness (QED) is 0.479. The molecule has 1 amide bonds. The van der Waals surface area contributed by atoms with Gasteiger partial charge >= 0.3 is 0 Å². The zero-order valence-corrected chi connectivity index (χ0v) is 18.0. The molecule has 0 radical (unpaired) electrons. The minimum absolute atomic E-state index is 0.234. The van der Waals surface area contributed by atoms with Crippen LogP contribution in [0.1, 0.15) is 21.6 Å². The van der Waals surface area contributed by atoms with Crippen molar-refractivity contribution in [2.75, 3.05) is 19.5 Å². The summed E-state index contributed by atoms with van der Waals surface area (Å²) in [6, 6.07) is 13.4. The van der Waals surface area contributed by atoms with E-state index >= 15 is 0 Å². The van der Waals surface area contributed by atoms with Crippen molar-refractivity contribution in [3.8, 4) is 22.8 Å². The molecule has 2 aromatic carbocycles. The van der Waals surface area contributed by atoms with Gasteiger partial charge in [0.25, 0.3) is 5.91 Å². The molecule has 7 heteroatoms. The summed E-state index contributed by atoms with van der Waals surface area (Å²) in [5.74, 6) is 1.16. The molecule has 2 aromatic heterocycles. The maximum atomic E-state index is 12.9. The number of hydrogen-bond acceptors (Lipinski definition) is 6. The smallest absolute Gasteiger partial charge is 0.259 e. The highest BCUT2D eigenvalue weighted by molar-refractivity contribution is 7.14. The summed E-state index contributed by atoms with van der Waals surface area (Å²) in [5, 5.41) is 6.21. The normalized spacial score (nSPS) is 10.8. The van der Waals surface area contributed by atoms with Crippen LogP contribution in [0.25, 0.3) is 22.2 Å². The van der Waals surface area contributed by atoms with Crippen LogP contribution in [0.2, 0.25) is 0 Å². The van der Waals surface area contributed by atoms with Gasteiger partial charge in [-0.05, 0) is 50.2 Å². The molecule has 6 nitrogen and oxygen atoms in total. The largest absolute Gasteiger partial charge is 0.497 e. The number of anilines is 1. The lowest BCUT2D eigenvalue weighted by atomic mass is 10.1. The molecule has 2 heterocycles. The van der Waals surface area contributed by atoms with Crippen LogP contribution in [0.4, 0.5) is 5.13 Å². The Morgan fingerprint density at radius 3 is 2.60 bits per heavy atom. The molecule has 0 aliphatic carbocycles. The summed E-state index contributed by atoms with van der Waals surface area (Å²) >= 11 is 1.35. The Morgan fingerprint density at radius 1 is 1.00 bits per heavy atom. The number of aryl methyl sites for hydroxylation is 2. The second-order valence-electron chi connectivity index (χ2n) is 6.88. The molecule has 152 valence electrons. The number of carbonyl (C=O) groups excluding carboxylic acids is 1. The Labute approximate surface area is 178 Å². The zero-order valence-electron chi connectivity index (χ0n) is 17.1. The summed E-state index contributed by atoms with van der Waals surface area (Å²) in [6.45, 7) is 3.85. The maximum absolute atomic E-state index is 12.9. The summed E-state index contributed by atoms with van der Waals surface area (Å²) in [7, 11) is 3.22. The number of amides is 1. The van der Waals surface area contributed by atoms with Gasteiger partial charge in [0, 0.05) is 16.3 Å². The molecular formula is C23H21N3O3S. The fraction of sp³-hybridized carbons (Fsp3) is 0.174. The van der Waals surface area contributed by atoms with E-state index in [1.807, 2.05) is 61.7 Å². The lowest BCUT2D eigenvalue weighted by Crippen LogP contribution is -2.14. The molecule has 0 bridgehead atoms. The molecule has 4 rings (SSSR count). The monoisotopic (exact) mass is 419 g/mol. The number of methoxy groups -OCH3 is 2. The zero-order chi connectivity index (χ0) is 21.3. The van der Waals surface area contributed by atoms with E-state index in [-0.39, 0.29) is 5.91 Å². The number of hydrogen-bond donors (Lipinski definition) is 1. The first-order chi connectivity index (χ1) is 14.5. The molecule has 0 saturated heterocycles. The van der Waals surface area contributed by atoms with E-state index < -0.39 is 0 Å². The Kier molecular flexibility index (Phi) is 5.37. The van der Waals surface area contributed by atoms with Crippen molar-refractivity contribution in [1.29, 1.82) is 0 Å². The molecule has 0 saturated carbocycles. The third-order valence-corrected chi connectivity index (χ3v) is 5.57. The lowest BCUT2D eigenvalue weighted by molar-refractivity contribution is 0.102. The number of ether oxygens (including phenoxy) is 2. The number of fused-ring (bicyclic) bond motifs is 1. The van der Waals surface area contributed by atoms with Crippen molar-refractivity contribution in [3.63, 3.8) is 0 Å². The molecule has 0 unspecified atom stereocenters. The third kappa shape index (κ3) is 3.84. The third-order valence-electron chi connectivity index (χ3n) is 4.81. The van der Waals surface area contributed by atoms with Crippen molar-refractivity contribution >= 4 is 33.3 Å². The number of nitrogens with one attached hydrogen (secondary N) is 1. The standard InChI is InChI=1S/C23H21N3O3S/c1-13-5-7-19-15(9-13)10-17(14(2)24-19)22(27)26-23-25-20(12-30-23)18-11-16(28-3)6-8-21(18)29-4/h5-12H,1-4H3,(H,25,26,27). The van der Waals surface area contributed by atoms with Crippen molar-refractivity contribution in [1.82, 2.24) is 9.97 Å². The molecular weight excluding hydrogens is 398 g/mol. The SMILES string of the molecule is COc1ccc(OC)c(-c2csc(NC(=O)c3cc4cc(C)ccc4nc3C)n2)c1. The van der Waals surface area contributed by atoms with Crippen LogP contribution in [-0.4, -0.2) is 30.1 Å². The van der Waals surface area contributed by atoms with Crippen LogP contribution < -0.4 is 14.8 Å². The van der Waals surface area contributed by atoms with Gasteiger partial charge in [-0.1, -0.05) is 11.6 Å². The first kappa shape index (κ1) is 19.8. The maximum Gasteiger partial charge on any atom is 0.259 e. The van der Waals surface area contributed by atoms with E-state index in [9.17, 15) is 4.79 Å². The van der Waals surface area contributed by atoms with E-state index in [2.05, 4.69) is 15.3 Å². The first-order valence-electron chi connectivity index (χ1n) is 9.36. The van der Waals surface area contributed by atoms with Crippen molar-refractivity contribution in [2.45, 2.75) is 13.8 Å². The van der Waals surface area contributed by atoms with E-state index in [1.165, 1.54) is 11.3 Å². The van der Waals surface area contributed by atoms with Crippen LogP contribution in [0.5, 0.6) is 11.5 Å².